The topological polar surface area (TPSA) is 24.5 Å². The molecule has 0 bridgehead atoms. The van der Waals surface area contributed by atoms with Gasteiger partial charge in [0.25, 0.3) is 0 Å². The van der Waals surface area contributed by atoms with Crippen LogP contribution < -0.4 is 5.32 Å². The van der Waals surface area contributed by atoms with E-state index in [4.69, 9.17) is 4.74 Å². The standard InChI is InChI=1S/C13H24N2O/c1-11-7-14-8-13(11)9-15-5-3-12(4-6-15)10-16-2/h3,11,13-14H,4-10H2,1-2H3/t11-,13+/m1/s1. The lowest BCUT2D eigenvalue weighted by molar-refractivity contribution is 0.200. The van der Waals surface area contributed by atoms with E-state index in [1.807, 2.05) is 0 Å². The summed E-state index contributed by atoms with van der Waals surface area (Å²) >= 11 is 0. The molecule has 92 valence electrons. The maximum absolute atomic E-state index is 5.17. The molecule has 3 heteroatoms. The van der Waals surface area contributed by atoms with Gasteiger partial charge >= 0.3 is 0 Å². The van der Waals surface area contributed by atoms with Crippen LogP contribution in [0.15, 0.2) is 11.6 Å². The van der Waals surface area contributed by atoms with Gasteiger partial charge in [0.15, 0.2) is 0 Å². The third-order valence-electron chi connectivity index (χ3n) is 3.89. The van der Waals surface area contributed by atoms with E-state index >= 15 is 0 Å². The van der Waals surface area contributed by atoms with Crippen LogP contribution in [0.3, 0.4) is 0 Å². The van der Waals surface area contributed by atoms with Gasteiger partial charge in [-0.05, 0) is 36.9 Å². The lowest BCUT2D eigenvalue weighted by Gasteiger charge is -2.29. The van der Waals surface area contributed by atoms with Crippen LogP contribution in [0.25, 0.3) is 0 Å². The summed E-state index contributed by atoms with van der Waals surface area (Å²) in [7, 11) is 1.78. The van der Waals surface area contributed by atoms with Gasteiger partial charge in [-0.25, -0.2) is 0 Å². The van der Waals surface area contributed by atoms with Crippen molar-refractivity contribution < 1.29 is 4.74 Å². The molecule has 0 radical (unpaired) electrons. The lowest BCUT2D eigenvalue weighted by Crippen LogP contribution is -2.36. The smallest absolute Gasteiger partial charge is 0.0673 e. The van der Waals surface area contributed by atoms with E-state index in [0.717, 1.165) is 25.0 Å². The third kappa shape index (κ3) is 3.06. The van der Waals surface area contributed by atoms with Crippen LogP contribution in [0.1, 0.15) is 13.3 Å². The average Bonchev–Trinajstić information content (AvgIpc) is 2.68. The quantitative estimate of drug-likeness (QED) is 0.724. The minimum absolute atomic E-state index is 0.815. The summed E-state index contributed by atoms with van der Waals surface area (Å²) in [5.41, 5.74) is 1.47. The van der Waals surface area contributed by atoms with Crippen molar-refractivity contribution >= 4 is 0 Å². The fourth-order valence-corrected chi connectivity index (χ4v) is 2.68. The maximum Gasteiger partial charge on any atom is 0.0673 e. The molecule has 2 atom stereocenters. The van der Waals surface area contributed by atoms with E-state index in [2.05, 4.69) is 23.2 Å². The molecule has 0 aromatic carbocycles. The van der Waals surface area contributed by atoms with Gasteiger partial charge in [0.05, 0.1) is 6.61 Å². The summed E-state index contributed by atoms with van der Waals surface area (Å²) in [5.74, 6) is 1.68. The number of ether oxygens (including phenoxy) is 1. The van der Waals surface area contributed by atoms with Gasteiger partial charge in [0.2, 0.25) is 0 Å². The molecule has 2 aliphatic rings. The molecule has 3 nitrogen and oxygen atoms in total. The van der Waals surface area contributed by atoms with E-state index in [9.17, 15) is 0 Å². The second kappa shape index (κ2) is 5.80. The van der Waals surface area contributed by atoms with Crippen LogP contribution in [0, 0.1) is 11.8 Å². The zero-order chi connectivity index (χ0) is 11.4. The first kappa shape index (κ1) is 12.1. The van der Waals surface area contributed by atoms with Crippen molar-refractivity contribution in [3.8, 4) is 0 Å². The van der Waals surface area contributed by atoms with Crippen molar-refractivity contribution in [3.05, 3.63) is 11.6 Å². The molecule has 0 amide bonds. The highest BCUT2D eigenvalue weighted by atomic mass is 16.5. The van der Waals surface area contributed by atoms with Crippen molar-refractivity contribution in [2.75, 3.05) is 46.4 Å². The third-order valence-corrected chi connectivity index (χ3v) is 3.89. The summed E-state index contributed by atoms with van der Waals surface area (Å²) in [6.45, 7) is 9.15. The molecule has 0 saturated carbocycles. The molecule has 0 aromatic rings. The summed E-state index contributed by atoms with van der Waals surface area (Å²) < 4.78 is 5.17. The van der Waals surface area contributed by atoms with Gasteiger partial charge in [0.1, 0.15) is 0 Å². The van der Waals surface area contributed by atoms with Crippen LogP contribution in [0.4, 0.5) is 0 Å². The number of rotatable bonds is 4. The van der Waals surface area contributed by atoms with Crippen LogP contribution in [-0.4, -0.2) is 51.3 Å². The summed E-state index contributed by atoms with van der Waals surface area (Å²) in [6, 6.07) is 0. The van der Waals surface area contributed by atoms with Gasteiger partial charge in [-0.15, -0.1) is 0 Å². The monoisotopic (exact) mass is 224 g/mol. The fraction of sp³-hybridized carbons (Fsp3) is 0.846. The number of methoxy groups -OCH3 is 1. The summed E-state index contributed by atoms with van der Waals surface area (Å²) in [6.07, 6.45) is 3.53. The van der Waals surface area contributed by atoms with Crippen molar-refractivity contribution in [2.45, 2.75) is 13.3 Å². The first-order valence-electron chi connectivity index (χ1n) is 6.39. The molecule has 1 fully saturated rings. The van der Waals surface area contributed by atoms with Crippen LogP contribution in [0.5, 0.6) is 0 Å². The second-order valence-corrected chi connectivity index (χ2v) is 5.20. The highest BCUT2D eigenvalue weighted by Gasteiger charge is 2.25. The Bertz CT molecular complexity index is 252. The maximum atomic E-state index is 5.17. The van der Waals surface area contributed by atoms with Crippen molar-refractivity contribution in [3.63, 3.8) is 0 Å². The second-order valence-electron chi connectivity index (χ2n) is 5.20. The Labute approximate surface area is 98.8 Å². The fourth-order valence-electron chi connectivity index (χ4n) is 2.68. The van der Waals surface area contributed by atoms with Gasteiger partial charge in [-0.2, -0.15) is 0 Å². The molecule has 1 saturated heterocycles. The SMILES string of the molecule is COCC1=CCN(C[C@@H]2CNC[C@H]2C)CC1. The van der Waals surface area contributed by atoms with Crippen molar-refractivity contribution in [1.29, 1.82) is 0 Å². The molecular weight excluding hydrogens is 200 g/mol. The Morgan fingerprint density at radius 3 is 2.94 bits per heavy atom. The van der Waals surface area contributed by atoms with Gasteiger partial charge in [-0.1, -0.05) is 13.0 Å². The zero-order valence-corrected chi connectivity index (χ0v) is 10.5. The average molecular weight is 224 g/mol. The zero-order valence-electron chi connectivity index (χ0n) is 10.5. The minimum Gasteiger partial charge on any atom is -0.380 e. The van der Waals surface area contributed by atoms with Crippen LogP contribution in [-0.2, 0) is 4.74 Å². The Morgan fingerprint density at radius 1 is 1.50 bits per heavy atom. The summed E-state index contributed by atoms with van der Waals surface area (Å²) in [5, 5.41) is 3.48. The van der Waals surface area contributed by atoms with E-state index in [-0.39, 0.29) is 0 Å². The van der Waals surface area contributed by atoms with E-state index in [0.29, 0.717) is 0 Å². The Morgan fingerprint density at radius 2 is 2.38 bits per heavy atom. The predicted octanol–water partition coefficient (Wildman–Crippen LogP) is 1.12. The van der Waals surface area contributed by atoms with Crippen molar-refractivity contribution in [2.24, 2.45) is 11.8 Å². The molecule has 0 spiro atoms. The first-order chi connectivity index (χ1) is 7.79. The summed E-state index contributed by atoms with van der Waals surface area (Å²) in [4.78, 5) is 2.58. The predicted molar refractivity (Wildman–Crippen MR) is 66.5 cm³/mol. The minimum atomic E-state index is 0.815. The molecule has 0 unspecified atom stereocenters. The Hall–Kier alpha value is -0.380. The molecule has 2 rings (SSSR count). The van der Waals surface area contributed by atoms with E-state index < -0.39 is 0 Å². The Kier molecular flexibility index (Phi) is 4.38. The molecule has 2 heterocycles. The number of nitrogens with one attached hydrogen (secondary N) is 1. The van der Waals surface area contributed by atoms with Crippen LogP contribution in [0.2, 0.25) is 0 Å². The Balaban J connectivity index is 1.76. The van der Waals surface area contributed by atoms with Gasteiger partial charge < -0.3 is 10.1 Å². The largest absolute Gasteiger partial charge is 0.380 e. The van der Waals surface area contributed by atoms with Crippen molar-refractivity contribution in [1.82, 2.24) is 10.2 Å². The number of hydrogen-bond donors (Lipinski definition) is 1. The number of hydrogen-bond acceptors (Lipinski definition) is 3. The van der Waals surface area contributed by atoms with Gasteiger partial charge in [0, 0.05) is 26.7 Å². The normalized spacial score (nSPS) is 31.8. The number of nitrogens with zero attached hydrogens (tertiary/aromatic N) is 1. The molecule has 2 aliphatic heterocycles. The molecular formula is C13H24N2O. The van der Waals surface area contributed by atoms with Crippen LogP contribution >= 0.6 is 0 Å². The lowest BCUT2D eigenvalue weighted by atomic mass is 9.96. The molecule has 16 heavy (non-hydrogen) atoms. The van der Waals surface area contributed by atoms with E-state index in [1.165, 1.54) is 38.2 Å². The highest BCUT2D eigenvalue weighted by molar-refractivity contribution is 5.07. The first-order valence-corrected chi connectivity index (χ1v) is 6.39. The molecule has 0 aromatic heterocycles. The van der Waals surface area contributed by atoms with E-state index in [1.54, 1.807) is 7.11 Å². The molecule has 0 aliphatic carbocycles. The molecule has 1 N–H and O–H groups in total. The highest BCUT2D eigenvalue weighted by Crippen LogP contribution is 2.19. The van der Waals surface area contributed by atoms with Gasteiger partial charge in [-0.3, -0.25) is 4.90 Å².